The Hall–Kier alpha value is -2.33. The molecule has 1 aliphatic heterocycles. The molecule has 22 heavy (non-hydrogen) atoms. The summed E-state index contributed by atoms with van der Waals surface area (Å²) in [5.74, 6) is 1.91. The van der Waals surface area contributed by atoms with Crippen LogP contribution in [0.3, 0.4) is 0 Å². The first kappa shape index (κ1) is 13.3. The highest BCUT2D eigenvalue weighted by Crippen LogP contribution is 2.34. The van der Waals surface area contributed by atoms with Gasteiger partial charge in [-0.3, -0.25) is 0 Å². The first-order chi connectivity index (χ1) is 10.9. The van der Waals surface area contributed by atoms with Gasteiger partial charge >= 0.3 is 0 Å². The molecule has 2 unspecified atom stereocenters. The Bertz CT molecular complexity index is 743. The quantitative estimate of drug-likeness (QED) is 0.799. The minimum atomic E-state index is -0.157. The monoisotopic (exact) mass is 294 g/mol. The Labute approximate surface area is 129 Å². The first-order valence-electron chi connectivity index (χ1n) is 7.66. The average molecular weight is 294 g/mol. The van der Waals surface area contributed by atoms with Crippen LogP contribution in [0.15, 0.2) is 59.3 Å². The maximum Gasteiger partial charge on any atom is 0.235 e. The highest BCUT2D eigenvalue weighted by molar-refractivity contribution is 5.88. The molecule has 0 spiro atoms. The van der Waals surface area contributed by atoms with Gasteiger partial charge in [-0.1, -0.05) is 36.4 Å². The summed E-state index contributed by atoms with van der Waals surface area (Å²) in [6.07, 6.45) is 4.20. The van der Waals surface area contributed by atoms with Crippen molar-refractivity contribution in [2.45, 2.75) is 12.5 Å². The number of rotatable bonds is 4. The van der Waals surface area contributed by atoms with Crippen LogP contribution in [0.25, 0.3) is 10.8 Å². The van der Waals surface area contributed by atoms with Crippen molar-refractivity contribution in [1.82, 2.24) is 10.3 Å². The van der Waals surface area contributed by atoms with Crippen molar-refractivity contribution in [3.8, 4) is 5.75 Å². The number of oxazole rings is 1. The molecule has 0 radical (unpaired) electrons. The Morgan fingerprint density at radius 2 is 2.09 bits per heavy atom. The lowest BCUT2D eigenvalue weighted by atomic mass is 10.0. The summed E-state index contributed by atoms with van der Waals surface area (Å²) in [7, 11) is 0. The van der Waals surface area contributed by atoms with Gasteiger partial charge in [0.1, 0.15) is 12.0 Å². The van der Waals surface area contributed by atoms with Crippen LogP contribution in [-0.2, 0) is 0 Å². The van der Waals surface area contributed by atoms with E-state index in [0.717, 1.165) is 30.6 Å². The summed E-state index contributed by atoms with van der Waals surface area (Å²) in [5, 5.41) is 5.68. The van der Waals surface area contributed by atoms with Crippen LogP contribution in [-0.4, -0.2) is 18.1 Å². The Kier molecular flexibility index (Phi) is 3.52. The van der Waals surface area contributed by atoms with Crippen molar-refractivity contribution in [2.24, 2.45) is 5.92 Å². The smallest absolute Gasteiger partial charge is 0.235 e. The van der Waals surface area contributed by atoms with Gasteiger partial charge in [0.05, 0.1) is 6.20 Å². The molecule has 1 saturated heterocycles. The lowest BCUT2D eigenvalue weighted by Crippen LogP contribution is -2.21. The van der Waals surface area contributed by atoms with Gasteiger partial charge in [-0.2, -0.15) is 0 Å². The molecule has 2 aromatic carbocycles. The van der Waals surface area contributed by atoms with Crippen molar-refractivity contribution in [1.29, 1.82) is 0 Å². The summed E-state index contributed by atoms with van der Waals surface area (Å²) >= 11 is 0. The number of nitrogens with zero attached hydrogens (tertiary/aromatic N) is 1. The van der Waals surface area contributed by atoms with Crippen molar-refractivity contribution < 1.29 is 9.15 Å². The Balaban J connectivity index is 1.71. The number of nitrogens with one attached hydrogen (secondary N) is 1. The lowest BCUT2D eigenvalue weighted by molar-refractivity contribution is 0.116. The van der Waals surface area contributed by atoms with E-state index in [1.807, 2.05) is 24.3 Å². The van der Waals surface area contributed by atoms with Gasteiger partial charge in [-0.25, -0.2) is 4.98 Å². The maximum absolute atomic E-state index is 6.36. The molecule has 3 aromatic rings. The molecule has 1 aromatic heterocycles. The van der Waals surface area contributed by atoms with Gasteiger partial charge in [0.2, 0.25) is 5.89 Å². The van der Waals surface area contributed by atoms with E-state index in [1.54, 1.807) is 12.5 Å². The lowest BCUT2D eigenvalue weighted by Gasteiger charge is -2.22. The van der Waals surface area contributed by atoms with E-state index in [-0.39, 0.29) is 6.10 Å². The zero-order chi connectivity index (χ0) is 14.8. The van der Waals surface area contributed by atoms with E-state index in [0.29, 0.717) is 11.8 Å². The minimum Gasteiger partial charge on any atom is -0.480 e. The highest BCUT2D eigenvalue weighted by Gasteiger charge is 2.31. The number of hydrogen-bond acceptors (Lipinski definition) is 4. The summed E-state index contributed by atoms with van der Waals surface area (Å²) in [4.78, 5) is 4.32. The second-order valence-corrected chi connectivity index (χ2v) is 5.64. The fourth-order valence-corrected chi connectivity index (χ4v) is 3.09. The standard InChI is InChI=1S/C18H18N2O2/c1-2-6-15-13(4-1)5-3-7-16(15)22-17(14-8-9-19-12-14)18-20-10-11-21-18/h1-7,10-11,14,17,19H,8-9,12H2. The first-order valence-corrected chi connectivity index (χ1v) is 7.66. The fourth-order valence-electron chi connectivity index (χ4n) is 3.09. The van der Waals surface area contributed by atoms with E-state index < -0.39 is 0 Å². The van der Waals surface area contributed by atoms with E-state index in [2.05, 4.69) is 28.5 Å². The predicted molar refractivity (Wildman–Crippen MR) is 84.8 cm³/mol. The topological polar surface area (TPSA) is 47.3 Å². The largest absolute Gasteiger partial charge is 0.480 e. The van der Waals surface area contributed by atoms with Crippen molar-refractivity contribution in [3.63, 3.8) is 0 Å². The zero-order valence-corrected chi connectivity index (χ0v) is 12.2. The fraction of sp³-hybridized carbons (Fsp3) is 0.278. The Morgan fingerprint density at radius 3 is 2.91 bits per heavy atom. The van der Waals surface area contributed by atoms with Gasteiger partial charge in [0.15, 0.2) is 6.10 Å². The SMILES string of the molecule is c1ccc2c(OC(c3ncco3)C3CCNC3)cccc2c1. The van der Waals surface area contributed by atoms with Crippen LogP contribution in [0, 0.1) is 5.92 Å². The molecule has 1 aliphatic rings. The van der Waals surface area contributed by atoms with Crippen LogP contribution in [0.1, 0.15) is 18.4 Å². The number of fused-ring (bicyclic) bond motifs is 1. The molecule has 0 bridgehead atoms. The van der Waals surface area contributed by atoms with E-state index in [4.69, 9.17) is 9.15 Å². The van der Waals surface area contributed by atoms with Crippen molar-refractivity contribution >= 4 is 10.8 Å². The van der Waals surface area contributed by atoms with Crippen LogP contribution in [0.2, 0.25) is 0 Å². The maximum atomic E-state index is 6.36. The molecule has 112 valence electrons. The Morgan fingerprint density at radius 1 is 1.18 bits per heavy atom. The summed E-state index contributed by atoms with van der Waals surface area (Å²) in [6.45, 7) is 1.94. The average Bonchev–Trinajstić information content (AvgIpc) is 3.26. The third kappa shape index (κ3) is 2.46. The zero-order valence-electron chi connectivity index (χ0n) is 12.2. The molecule has 1 N–H and O–H groups in total. The summed E-state index contributed by atoms with van der Waals surface area (Å²) in [5.41, 5.74) is 0. The van der Waals surface area contributed by atoms with E-state index in [1.165, 1.54) is 5.39 Å². The van der Waals surface area contributed by atoms with Crippen molar-refractivity contribution in [2.75, 3.05) is 13.1 Å². The third-order valence-corrected chi connectivity index (χ3v) is 4.22. The molecule has 0 aliphatic carbocycles. The van der Waals surface area contributed by atoms with Gasteiger partial charge in [-0.05, 0) is 24.4 Å². The normalized spacial score (nSPS) is 19.4. The second kappa shape index (κ2) is 5.81. The van der Waals surface area contributed by atoms with E-state index in [9.17, 15) is 0 Å². The molecule has 1 fully saturated rings. The predicted octanol–water partition coefficient (Wildman–Crippen LogP) is 3.56. The molecule has 0 amide bonds. The molecule has 4 heteroatoms. The van der Waals surface area contributed by atoms with Gasteiger partial charge in [0.25, 0.3) is 0 Å². The van der Waals surface area contributed by atoms with Crippen LogP contribution in [0.5, 0.6) is 5.75 Å². The van der Waals surface area contributed by atoms with Crippen LogP contribution < -0.4 is 10.1 Å². The number of ether oxygens (including phenoxy) is 1. The van der Waals surface area contributed by atoms with Crippen LogP contribution >= 0.6 is 0 Å². The molecule has 2 atom stereocenters. The highest BCUT2D eigenvalue weighted by atomic mass is 16.5. The molecule has 0 saturated carbocycles. The molecular formula is C18H18N2O2. The third-order valence-electron chi connectivity index (χ3n) is 4.22. The number of benzene rings is 2. The summed E-state index contributed by atoms with van der Waals surface area (Å²) in [6, 6.07) is 14.4. The summed E-state index contributed by atoms with van der Waals surface area (Å²) < 4.78 is 11.9. The molecule has 4 rings (SSSR count). The van der Waals surface area contributed by atoms with Gasteiger partial charge in [0, 0.05) is 17.8 Å². The van der Waals surface area contributed by atoms with Gasteiger partial charge in [-0.15, -0.1) is 0 Å². The second-order valence-electron chi connectivity index (χ2n) is 5.64. The van der Waals surface area contributed by atoms with Crippen LogP contribution in [0.4, 0.5) is 0 Å². The molecule has 4 nitrogen and oxygen atoms in total. The number of aromatic nitrogens is 1. The van der Waals surface area contributed by atoms with Crippen molar-refractivity contribution in [3.05, 3.63) is 60.8 Å². The molecular weight excluding hydrogens is 276 g/mol. The van der Waals surface area contributed by atoms with E-state index >= 15 is 0 Å². The molecule has 2 heterocycles. The van der Waals surface area contributed by atoms with Gasteiger partial charge < -0.3 is 14.5 Å². The minimum absolute atomic E-state index is 0.157. The number of hydrogen-bond donors (Lipinski definition) is 1.